The summed E-state index contributed by atoms with van der Waals surface area (Å²) in [5.41, 5.74) is 0.465. The number of nitroso groups, excluding NO2 is 1. The number of hydrogen-bond acceptors (Lipinski definition) is 3. The SMILES string of the molecule is O=Nc1ccc(Sc2ccccc2)cc1. The van der Waals surface area contributed by atoms with Gasteiger partial charge in [0.2, 0.25) is 0 Å². The van der Waals surface area contributed by atoms with Gasteiger partial charge in [-0.25, -0.2) is 0 Å². The van der Waals surface area contributed by atoms with Gasteiger partial charge in [-0.3, -0.25) is 0 Å². The van der Waals surface area contributed by atoms with Crippen molar-refractivity contribution in [3.05, 3.63) is 59.5 Å². The van der Waals surface area contributed by atoms with Crippen LogP contribution in [0.4, 0.5) is 5.69 Å². The molecule has 0 saturated carbocycles. The molecule has 0 heterocycles. The third kappa shape index (κ3) is 2.67. The fourth-order valence-electron chi connectivity index (χ4n) is 1.20. The Kier molecular flexibility index (Phi) is 3.15. The van der Waals surface area contributed by atoms with Crippen LogP contribution in [0.25, 0.3) is 0 Å². The van der Waals surface area contributed by atoms with Crippen molar-refractivity contribution in [3.63, 3.8) is 0 Å². The summed E-state index contributed by atoms with van der Waals surface area (Å²) in [5.74, 6) is 0. The molecule has 0 fully saturated rings. The van der Waals surface area contributed by atoms with Crippen molar-refractivity contribution in [1.82, 2.24) is 0 Å². The number of hydrogen-bond donors (Lipinski definition) is 0. The van der Waals surface area contributed by atoms with Gasteiger partial charge in [0.1, 0.15) is 5.69 Å². The minimum Gasteiger partial charge on any atom is -0.145 e. The van der Waals surface area contributed by atoms with E-state index in [4.69, 9.17) is 0 Å². The average Bonchev–Trinajstić information content (AvgIpc) is 2.31. The molecule has 0 N–H and O–H groups in total. The summed E-state index contributed by atoms with van der Waals surface area (Å²) >= 11 is 1.66. The molecule has 0 unspecified atom stereocenters. The molecule has 2 aromatic carbocycles. The van der Waals surface area contributed by atoms with Crippen molar-refractivity contribution < 1.29 is 0 Å². The van der Waals surface area contributed by atoms with Crippen molar-refractivity contribution in [2.45, 2.75) is 9.79 Å². The van der Waals surface area contributed by atoms with E-state index >= 15 is 0 Å². The smallest absolute Gasteiger partial charge is 0.108 e. The summed E-state index contributed by atoms with van der Waals surface area (Å²) in [6.45, 7) is 0. The molecule has 0 saturated heterocycles. The molecule has 0 bridgehead atoms. The van der Waals surface area contributed by atoms with Gasteiger partial charge in [-0.05, 0) is 41.6 Å². The van der Waals surface area contributed by atoms with Crippen LogP contribution >= 0.6 is 11.8 Å². The Morgan fingerprint density at radius 1 is 0.800 bits per heavy atom. The fourth-order valence-corrected chi connectivity index (χ4v) is 2.04. The Labute approximate surface area is 92.3 Å². The lowest BCUT2D eigenvalue weighted by molar-refractivity contribution is 1.38. The Morgan fingerprint density at radius 2 is 1.40 bits per heavy atom. The molecule has 2 nitrogen and oxygen atoms in total. The van der Waals surface area contributed by atoms with E-state index in [0.29, 0.717) is 5.69 Å². The van der Waals surface area contributed by atoms with Gasteiger partial charge in [0.25, 0.3) is 0 Å². The molecule has 0 atom stereocenters. The molecule has 0 aliphatic carbocycles. The highest BCUT2D eigenvalue weighted by Gasteiger charge is 1.96. The normalized spacial score (nSPS) is 9.87. The minimum absolute atomic E-state index is 0.465. The lowest BCUT2D eigenvalue weighted by Gasteiger charge is -2.00. The largest absolute Gasteiger partial charge is 0.145 e. The van der Waals surface area contributed by atoms with Gasteiger partial charge in [0, 0.05) is 9.79 Å². The van der Waals surface area contributed by atoms with Crippen LogP contribution in [-0.2, 0) is 0 Å². The fraction of sp³-hybridized carbons (Fsp3) is 0. The number of nitrogens with zero attached hydrogens (tertiary/aromatic N) is 1. The van der Waals surface area contributed by atoms with Crippen molar-refractivity contribution in [2.75, 3.05) is 0 Å². The van der Waals surface area contributed by atoms with Crippen molar-refractivity contribution in [3.8, 4) is 0 Å². The first-order valence-corrected chi connectivity index (χ1v) is 5.36. The second-order valence-corrected chi connectivity index (χ2v) is 4.15. The van der Waals surface area contributed by atoms with Crippen LogP contribution in [0.5, 0.6) is 0 Å². The first kappa shape index (κ1) is 9.93. The van der Waals surface area contributed by atoms with Gasteiger partial charge in [-0.1, -0.05) is 30.0 Å². The summed E-state index contributed by atoms with van der Waals surface area (Å²) in [6, 6.07) is 17.3. The summed E-state index contributed by atoms with van der Waals surface area (Å²) in [4.78, 5) is 12.5. The molecule has 2 rings (SSSR count). The molecule has 0 amide bonds. The Hall–Kier alpha value is -1.61. The molecule has 0 aliphatic heterocycles. The van der Waals surface area contributed by atoms with E-state index in [1.807, 2.05) is 30.3 Å². The van der Waals surface area contributed by atoms with Crippen LogP contribution in [0.1, 0.15) is 0 Å². The van der Waals surface area contributed by atoms with Gasteiger partial charge >= 0.3 is 0 Å². The predicted molar refractivity (Wildman–Crippen MR) is 62.5 cm³/mol. The second kappa shape index (κ2) is 4.75. The molecule has 3 heteroatoms. The Bertz CT molecular complexity index is 439. The Morgan fingerprint density at radius 3 is 2.00 bits per heavy atom. The van der Waals surface area contributed by atoms with Crippen molar-refractivity contribution in [2.24, 2.45) is 5.18 Å². The zero-order valence-corrected chi connectivity index (χ0v) is 8.78. The summed E-state index contributed by atoms with van der Waals surface area (Å²) < 4.78 is 0. The third-order valence-corrected chi connectivity index (χ3v) is 2.94. The minimum atomic E-state index is 0.465. The second-order valence-electron chi connectivity index (χ2n) is 3.00. The monoisotopic (exact) mass is 215 g/mol. The van der Waals surface area contributed by atoms with Crippen molar-refractivity contribution >= 4 is 17.4 Å². The summed E-state index contributed by atoms with van der Waals surface area (Å²) in [7, 11) is 0. The summed E-state index contributed by atoms with van der Waals surface area (Å²) in [5, 5.41) is 2.86. The molecular formula is C12H9NOS. The van der Waals surface area contributed by atoms with Crippen LogP contribution in [0.3, 0.4) is 0 Å². The van der Waals surface area contributed by atoms with Gasteiger partial charge in [-0.2, -0.15) is 0 Å². The van der Waals surface area contributed by atoms with Crippen LogP contribution in [0.15, 0.2) is 69.6 Å². The molecule has 74 valence electrons. The highest BCUT2D eigenvalue weighted by molar-refractivity contribution is 7.99. The molecule has 0 radical (unpaired) electrons. The first-order valence-electron chi connectivity index (χ1n) is 4.55. The van der Waals surface area contributed by atoms with Crippen LogP contribution < -0.4 is 0 Å². The maximum absolute atomic E-state index is 10.2. The molecule has 0 aliphatic rings. The quantitative estimate of drug-likeness (QED) is 0.717. The van der Waals surface area contributed by atoms with Gasteiger partial charge in [0.05, 0.1) is 0 Å². The first-order chi connectivity index (χ1) is 7.38. The van der Waals surface area contributed by atoms with Crippen LogP contribution in [-0.4, -0.2) is 0 Å². The molecule has 0 aromatic heterocycles. The maximum Gasteiger partial charge on any atom is 0.108 e. The van der Waals surface area contributed by atoms with E-state index in [-0.39, 0.29) is 0 Å². The highest BCUT2D eigenvalue weighted by Crippen LogP contribution is 2.28. The molecule has 0 spiro atoms. The van der Waals surface area contributed by atoms with E-state index in [9.17, 15) is 4.91 Å². The summed E-state index contributed by atoms with van der Waals surface area (Å²) in [6.07, 6.45) is 0. The van der Waals surface area contributed by atoms with E-state index in [1.54, 1.807) is 23.9 Å². The van der Waals surface area contributed by atoms with Crippen LogP contribution in [0, 0.1) is 4.91 Å². The third-order valence-electron chi connectivity index (χ3n) is 1.92. The molecular weight excluding hydrogens is 206 g/mol. The van der Waals surface area contributed by atoms with E-state index in [2.05, 4.69) is 17.3 Å². The lowest BCUT2D eigenvalue weighted by Crippen LogP contribution is -1.72. The number of benzene rings is 2. The van der Waals surface area contributed by atoms with Crippen LogP contribution in [0.2, 0.25) is 0 Å². The van der Waals surface area contributed by atoms with Gasteiger partial charge in [-0.15, -0.1) is 4.91 Å². The maximum atomic E-state index is 10.2. The zero-order chi connectivity index (χ0) is 10.5. The van der Waals surface area contributed by atoms with E-state index in [0.717, 1.165) is 4.90 Å². The van der Waals surface area contributed by atoms with E-state index < -0.39 is 0 Å². The molecule has 15 heavy (non-hydrogen) atoms. The lowest BCUT2D eigenvalue weighted by atomic mass is 10.3. The highest BCUT2D eigenvalue weighted by atomic mass is 32.2. The number of rotatable bonds is 3. The van der Waals surface area contributed by atoms with Gasteiger partial charge < -0.3 is 0 Å². The zero-order valence-electron chi connectivity index (χ0n) is 7.96. The molecule has 2 aromatic rings. The van der Waals surface area contributed by atoms with Gasteiger partial charge in [0.15, 0.2) is 0 Å². The van der Waals surface area contributed by atoms with Crippen molar-refractivity contribution in [1.29, 1.82) is 0 Å². The Balaban J connectivity index is 2.15. The topological polar surface area (TPSA) is 29.4 Å². The standard InChI is InChI=1S/C12H9NOS/c14-13-10-6-8-12(9-7-10)15-11-4-2-1-3-5-11/h1-9H. The van der Waals surface area contributed by atoms with E-state index in [1.165, 1.54) is 4.90 Å². The predicted octanol–water partition coefficient (Wildman–Crippen LogP) is 4.24. The average molecular weight is 215 g/mol.